The van der Waals surface area contributed by atoms with E-state index in [4.69, 9.17) is 0 Å². The third kappa shape index (κ3) is 2.77. The van der Waals surface area contributed by atoms with Crippen LogP contribution in [0.1, 0.15) is 11.6 Å². The molecule has 0 saturated heterocycles. The summed E-state index contributed by atoms with van der Waals surface area (Å²) in [5, 5.41) is 6.79. The van der Waals surface area contributed by atoms with E-state index in [0.29, 0.717) is 4.31 Å². The van der Waals surface area contributed by atoms with Gasteiger partial charge in [0.05, 0.1) is 6.54 Å². The number of alkyl halides is 3. The molecule has 1 aromatic rings. The highest BCUT2D eigenvalue weighted by atomic mass is 32.3. The van der Waals surface area contributed by atoms with Gasteiger partial charge in [0.2, 0.25) is 0 Å². The molecular formula is C7H8F4N4O2S. The molecule has 0 aromatic carbocycles. The Balaban J connectivity index is 2.22. The molecule has 0 fully saturated rings. The third-order valence-corrected chi connectivity index (χ3v) is 3.39. The number of hydrogen-bond acceptors (Lipinski definition) is 4. The van der Waals surface area contributed by atoms with Gasteiger partial charge in [0.15, 0.2) is 0 Å². The number of nitrogens with zero attached hydrogens (tertiary/aromatic N) is 4. The highest BCUT2D eigenvalue weighted by molar-refractivity contribution is 7.83. The average Bonchev–Trinajstić information content (AvgIpc) is 2.57. The van der Waals surface area contributed by atoms with Crippen molar-refractivity contribution >= 4 is 10.4 Å². The molecule has 6 nitrogen and oxygen atoms in total. The molecule has 1 aliphatic rings. The predicted molar refractivity (Wildman–Crippen MR) is 50.2 cm³/mol. The van der Waals surface area contributed by atoms with Crippen molar-refractivity contribution in [3.05, 3.63) is 11.6 Å². The third-order valence-electron chi connectivity index (χ3n) is 2.46. The van der Waals surface area contributed by atoms with Crippen molar-refractivity contribution in [1.82, 2.24) is 19.1 Å². The highest BCUT2D eigenvalue weighted by Crippen LogP contribution is 2.23. The molecule has 18 heavy (non-hydrogen) atoms. The Morgan fingerprint density at radius 3 is 2.44 bits per heavy atom. The van der Waals surface area contributed by atoms with Crippen molar-refractivity contribution < 1.29 is 25.5 Å². The molecular weight excluding hydrogens is 280 g/mol. The molecule has 1 aromatic heterocycles. The van der Waals surface area contributed by atoms with Crippen LogP contribution >= 0.6 is 0 Å². The molecule has 11 heteroatoms. The molecule has 0 amide bonds. The summed E-state index contributed by atoms with van der Waals surface area (Å²) in [6.07, 6.45) is -5.67. The van der Waals surface area contributed by atoms with E-state index in [1.165, 1.54) is 0 Å². The summed E-state index contributed by atoms with van der Waals surface area (Å²) in [5.74, 6) is -0.296. The summed E-state index contributed by atoms with van der Waals surface area (Å²) in [4.78, 5) is 0. The van der Waals surface area contributed by atoms with Crippen LogP contribution in [0.5, 0.6) is 0 Å². The monoisotopic (exact) mass is 288 g/mol. The fraction of sp³-hybridized carbons (Fsp3) is 0.714. The maximum Gasteiger partial charge on any atom is 0.396 e. The minimum absolute atomic E-state index is 0.00160. The molecule has 0 spiro atoms. The summed E-state index contributed by atoms with van der Waals surface area (Å²) in [7, 11) is -4.86. The Hall–Kier alpha value is -1.23. The van der Waals surface area contributed by atoms with Gasteiger partial charge < -0.3 is 4.57 Å². The van der Waals surface area contributed by atoms with Gasteiger partial charge in [-0.2, -0.15) is 25.9 Å². The first kappa shape index (κ1) is 13.2. The molecule has 1 aliphatic heterocycles. The van der Waals surface area contributed by atoms with Crippen LogP contribution in [-0.4, -0.2) is 40.2 Å². The Morgan fingerprint density at radius 2 is 1.89 bits per heavy atom. The van der Waals surface area contributed by atoms with Gasteiger partial charge in [0, 0.05) is 13.1 Å². The molecule has 2 rings (SSSR count). The fourth-order valence-electron chi connectivity index (χ4n) is 1.69. The van der Waals surface area contributed by atoms with E-state index in [2.05, 4.69) is 10.2 Å². The lowest BCUT2D eigenvalue weighted by Gasteiger charge is -2.23. The van der Waals surface area contributed by atoms with E-state index < -0.39 is 29.6 Å². The van der Waals surface area contributed by atoms with Crippen molar-refractivity contribution in [2.45, 2.75) is 25.7 Å². The Morgan fingerprint density at radius 1 is 1.22 bits per heavy atom. The minimum Gasteiger partial charge on any atom is -0.312 e. The topological polar surface area (TPSA) is 68.1 Å². The van der Waals surface area contributed by atoms with Crippen molar-refractivity contribution in [3.63, 3.8) is 0 Å². The lowest BCUT2D eigenvalue weighted by Crippen LogP contribution is -2.37. The molecule has 102 valence electrons. The van der Waals surface area contributed by atoms with Gasteiger partial charge in [-0.1, -0.05) is 3.89 Å². The largest absolute Gasteiger partial charge is 0.396 e. The first-order chi connectivity index (χ1) is 8.17. The normalized spacial score (nSPS) is 17.8. The molecule has 0 bridgehead atoms. The van der Waals surface area contributed by atoms with Crippen molar-refractivity contribution in [1.29, 1.82) is 0 Å². The van der Waals surface area contributed by atoms with Crippen molar-refractivity contribution in [2.24, 2.45) is 0 Å². The molecule has 0 aliphatic carbocycles. The number of hydrogen-bond donors (Lipinski definition) is 0. The van der Waals surface area contributed by atoms with E-state index in [1.807, 2.05) is 0 Å². The summed E-state index contributed by atoms with van der Waals surface area (Å²) >= 11 is 0. The standard InChI is InChI=1S/C7H8F4N4O2S/c8-7(9,10)3-5-12-13-6-4-14(18(11,16)17)1-2-15(5)6/h1-4H2. The van der Waals surface area contributed by atoms with Crippen LogP contribution < -0.4 is 0 Å². The van der Waals surface area contributed by atoms with Gasteiger partial charge in [0.25, 0.3) is 0 Å². The fourth-order valence-corrected chi connectivity index (χ4v) is 2.26. The van der Waals surface area contributed by atoms with E-state index >= 15 is 0 Å². The average molecular weight is 288 g/mol. The van der Waals surface area contributed by atoms with Crippen LogP contribution in [0.15, 0.2) is 0 Å². The van der Waals surface area contributed by atoms with Crippen LogP contribution in [0.4, 0.5) is 17.1 Å². The first-order valence-corrected chi connectivity index (χ1v) is 6.18. The van der Waals surface area contributed by atoms with Crippen LogP contribution in [-0.2, 0) is 29.9 Å². The zero-order valence-corrected chi connectivity index (χ0v) is 9.67. The zero-order chi connectivity index (χ0) is 13.6. The van der Waals surface area contributed by atoms with Crippen LogP contribution in [0.3, 0.4) is 0 Å². The second kappa shape index (κ2) is 4.16. The smallest absolute Gasteiger partial charge is 0.312 e. The molecule has 2 heterocycles. The van der Waals surface area contributed by atoms with Gasteiger partial charge in [-0.05, 0) is 0 Å². The van der Waals surface area contributed by atoms with E-state index in [0.717, 1.165) is 4.57 Å². The lowest BCUT2D eigenvalue weighted by molar-refractivity contribution is -0.129. The molecule has 0 atom stereocenters. The van der Waals surface area contributed by atoms with Gasteiger partial charge >= 0.3 is 16.6 Å². The van der Waals surface area contributed by atoms with E-state index in [-0.39, 0.29) is 24.7 Å². The molecule has 0 unspecified atom stereocenters. The zero-order valence-electron chi connectivity index (χ0n) is 8.85. The minimum atomic E-state index is -4.86. The van der Waals surface area contributed by atoms with Gasteiger partial charge in [0.1, 0.15) is 18.1 Å². The Kier molecular flexibility index (Phi) is 3.05. The van der Waals surface area contributed by atoms with E-state index in [9.17, 15) is 25.5 Å². The van der Waals surface area contributed by atoms with Crippen molar-refractivity contribution in [3.8, 4) is 0 Å². The molecule has 0 radical (unpaired) electrons. The highest BCUT2D eigenvalue weighted by Gasteiger charge is 2.34. The first-order valence-electron chi connectivity index (χ1n) is 4.84. The predicted octanol–water partition coefficient (Wildman–Crippen LogP) is 0.413. The van der Waals surface area contributed by atoms with Crippen molar-refractivity contribution in [2.75, 3.05) is 6.54 Å². The number of halogens is 4. The van der Waals surface area contributed by atoms with Crippen LogP contribution in [0.2, 0.25) is 0 Å². The van der Waals surface area contributed by atoms with Gasteiger partial charge in [-0.3, -0.25) is 0 Å². The van der Waals surface area contributed by atoms with Gasteiger partial charge in [-0.25, -0.2) is 0 Å². The summed E-state index contributed by atoms with van der Waals surface area (Å²) < 4.78 is 72.3. The summed E-state index contributed by atoms with van der Waals surface area (Å²) in [6.45, 7) is -0.755. The lowest BCUT2D eigenvalue weighted by atomic mass is 10.3. The van der Waals surface area contributed by atoms with Crippen LogP contribution in [0.25, 0.3) is 0 Å². The maximum atomic E-state index is 12.7. The second-order valence-corrected chi connectivity index (χ2v) is 5.09. The number of fused-ring (bicyclic) bond motifs is 1. The number of rotatable bonds is 2. The quantitative estimate of drug-likeness (QED) is 0.584. The second-order valence-electron chi connectivity index (χ2n) is 3.75. The molecule has 0 N–H and O–H groups in total. The maximum absolute atomic E-state index is 12.7. The van der Waals surface area contributed by atoms with E-state index in [1.54, 1.807) is 0 Å². The SMILES string of the molecule is O=S(=O)(F)N1CCn2c(nnc2CC(F)(F)F)C1. The summed E-state index contributed by atoms with van der Waals surface area (Å²) in [5.41, 5.74) is 0. The molecule has 0 saturated carbocycles. The Labute approximate surface area is 99.6 Å². The number of aromatic nitrogens is 3. The van der Waals surface area contributed by atoms with Crippen LogP contribution in [0, 0.1) is 0 Å². The summed E-state index contributed by atoms with van der Waals surface area (Å²) in [6, 6.07) is 0. The van der Waals surface area contributed by atoms with Gasteiger partial charge in [-0.15, -0.1) is 10.2 Å². The Bertz CT molecular complexity index is 552.